The number of rotatable bonds is 3. The molecule has 1 aromatic heterocycles. The summed E-state index contributed by atoms with van der Waals surface area (Å²) in [5.41, 5.74) is 7.65. The van der Waals surface area contributed by atoms with Crippen molar-refractivity contribution in [2.24, 2.45) is 0 Å². The lowest BCUT2D eigenvalue weighted by atomic mass is 9.84. The van der Waals surface area contributed by atoms with Crippen molar-refractivity contribution in [3.8, 4) is 5.75 Å². The van der Waals surface area contributed by atoms with Crippen molar-refractivity contribution in [3.05, 3.63) is 105 Å². The van der Waals surface area contributed by atoms with Crippen LogP contribution in [0.3, 0.4) is 0 Å². The Balaban J connectivity index is 1.65. The molecular weight excluding hydrogens is 464 g/mol. The second kappa shape index (κ2) is 8.22. The zero-order valence-corrected chi connectivity index (χ0v) is 20.6. The molecule has 0 radical (unpaired) electrons. The van der Waals surface area contributed by atoms with Gasteiger partial charge in [0.2, 0.25) is 11.1 Å². The molecule has 1 N–H and O–H groups in total. The minimum Gasteiger partial charge on any atom is -0.480 e. The summed E-state index contributed by atoms with van der Waals surface area (Å²) in [5.74, 6) is 1.57. The van der Waals surface area contributed by atoms with E-state index < -0.39 is 0 Å². The average Bonchev–Trinajstić information content (AvgIpc) is 3.26. The zero-order valence-electron chi connectivity index (χ0n) is 19.0. The molecule has 5 nitrogen and oxygen atoms in total. The molecule has 7 heteroatoms. The van der Waals surface area contributed by atoms with Gasteiger partial charge in [-0.1, -0.05) is 77.0 Å². The Hall–Kier alpha value is -3.22. The smallest absolute Gasteiger partial charge is 0.227 e. The highest BCUT2D eigenvalue weighted by atomic mass is 35.5. The highest BCUT2D eigenvalue weighted by Gasteiger charge is 2.41. The van der Waals surface area contributed by atoms with Gasteiger partial charge in [-0.25, -0.2) is 4.68 Å². The molecule has 0 fully saturated rings. The fraction of sp³-hybridized carbons (Fsp3) is 0.185. The van der Waals surface area contributed by atoms with Crippen molar-refractivity contribution in [2.75, 3.05) is 11.6 Å². The van der Waals surface area contributed by atoms with Crippen molar-refractivity contribution in [2.45, 2.75) is 31.1 Å². The van der Waals surface area contributed by atoms with E-state index in [1.165, 1.54) is 22.9 Å². The molecule has 3 heterocycles. The van der Waals surface area contributed by atoms with E-state index in [4.69, 9.17) is 26.4 Å². The van der Waals surface area contributed by atoms with Gasteiger partial charge in [-0.05, 0) is 55.5 Å². The van der Waals surface area contributed by atoms with Crippen molar-refractivity contribution in [1.82, 2.24) is 14.8 Å². The quantitative estimate of drug-likeness (QED) is 0.321. The molecule has 0 bridgehead atoms. The van der Waals surface area contributed by atoms with Gasteiger partial charge in [0.15, 0.2) is 0 Å². The third-order valence-electron chi connectivity index (χ3n) is 6.34. The lowest BCUT2D eigenvalue weighted by molar-refractivity contribution is 0.223. The third-order valence-corrected chi connectivity index (χ3v) is 7.11. The molecule has 2 aliphatic heterocycles. The summed E-state index contributed by atoms with van der Waals surface area (Å²) in [7, 11) is 0. The van der Waals surface area contributed by atoms with Crippen LogP contribution in [-0.2, 0) is 0 Å². The lowest BCUT2D eigenvalue weighted by Crippen LogP contribution is -2.32. The molecule has 4 aromatic rings. The van der Waals surface area contributed by atoms with Crippen molar-refractivity contribution < 1.29 is 4.74 Å². The van der Waals surface area contributed by atoms with E-state index in [0.29, 0.717) is 5.02 Å². The van der Waals surface area contributed by atoms with Crippen LogP contribution in [0.4, 0.5) is 5.95 Å². The Morgan fingerprint density at radius 3 is 2.53 bits per heavy atom. The van der Waals surface area contributed by atoms with E-state index in [0.717, 1.165) is 44.8 Å². The van der Waals surface area contributed by atoms with Crippen molar-refractivity contribution >= 4 is 35.0 Å². The van der Waals surface area contributed by atoms with Gasteiger partial charge in [-0.15, -0.1) is 5.10 Å². The first-order valence-corrected chi connectivity index (χ1v) is 12.7. The Morgan fingerprint density at radius 2 is 1.76 bits per heavy atom. The molecule has 2 atom stereocenters. The monoisotopic (exact) mass is 486 g/mol. The minimum atomic E-state index is -0.335. The first-order chi connectivity index (χ1) is 16.5. The number of anilines is 1. The average molecular weight is 487 g/mol. The first-order valence-electron chi connectivity index (χ1n) is 11.1. The predicted octanol–water partition coefficient (Wildman–Crippen LogP) is 6.83. The van der Waals surface area contributed by atoms with Crippen LogP contribution in [0.25, 0.3) is 5.70 Å². The number of aromatic nitrogens is 3. The molecule has 3 aromatic carbocycles. The van der Waals surface area contributed by atoms with Crippen LogP contribution in [0.15, 0.2) is 77.5 Å². The maximum atomic E-state index is 6.70. The Bertz CT molecular complexity index is 1440. The highest BCUT2D eigenvalue weighted by Crippen LogP contribution is 2.51. The van der Waals surface area contributed by atoms with Crippen LogP contribution in [0.5, 0.6) is 5.75 Å². The van der Waals surface area contributed by atoms with Gasteiger partial charge in [0.05, 0.1) is 5.70 Å². The van der Waals surface area contributed by atoms with Gasteiger partial charge < -0.3 is 10.1 Å². The molecule has 170 valence electrons. The van der Waals surface area contributed by atoms with Crippen LogP contribution >= 0.6 is 23.4 Å². The standard InChI is InChI=1S/C27H23ClN4OS/c1-15-7-10-17(11-8-15)24-22-23(29-26-30-27(34-3)31-32(24)26)20-13-16(2)9-12-21(20)33-25(22)18-5-4-6-19(28)14-18/h4-14,24-25H,1-3H3,(H,29,30,31)/t24-,25-/m0/s1. The number of benzene rings is 3. The number of thioether (sulfide) groups is 1. The Kier molecular flexibility index (Phi) is 5.15. The number of fused-ring (bicyclic) bond motifs is 3. The topological polar surface area (TPSA) is 52.0 Å². The summed E-state index contributed by atoms with van der Waals surface area (Å²) in [5, 5.41) is 9.86. The van der Waals surface area contributed by atoms with Gasteiger partial charge in [0.25, 0.3) is 0 Å². The Morgan fingerprint density at radius 1 is 0.971 bits per heavy atom. The molecule has 0 saturated carbocycles. The molecule has 2 aliphatic rings. The molecule has 6 rings (SSSR count). The fourth-order valence-electron chi connectivity index (χ4n) is 4.72. The van der Waals surface area contributed by atoms with E-state index in [2.05, 4.69) is 61.6 Å². The number of nitrogens with zero attached hydrogens (tertiary/aromatic N) is 3. The maximum absolute atomic E-state index is 6.70. The summed E-state index contributed by atoms with van der Waals surface area (Å²) in [6, 6.07) is 22.6. The summed E-state index contributed by atoms with van der Waals surface area (Å²) < 4.78 is 8.68. The summed E-state index contributed by atoms with van der Waals surface area (Å²) in [6.07, 6.45) is 1.66. The second-order valence-electron chi connectivity index (χ2n) is 8.69. The summed E-state index contributed by atoms with van der Waals surface area (Å²) >= 11 is 7.95. The third kappa shape index (κ3) is 3.49. The molecule has 34 heavy (non-hydrogen) atoms. The van der Waals surface area contributed by atoms with Crippen LogP contribution < -0.4 is 10.1 Å². The largest absolute Gasteiger partial charge is 0.480 e. The molecule has 0 amide bonds. The summed E-state index contributed by atoms with van der Waals surface area (Å²) in [4.78, 5) is 4.77. The first kappa shape index (κ1) is 21.3. The Labute approximate surface area is 207 Å². The summed E-state index contributed by atoms with van der Waals surface area (Å²) in [6.45, 7) is 4.19. The van der Waals surface area contributed by atoms with Gasteiger partial charge in [-0.2, -0.15) is 4.98 Å². The molecule has 0 unspecified atom stereocenters. The second-order valence-corrected chi connectivity index (χ2v) is 9.90. The normalized spacial score (nSPS) is 18.5. The highest BCUT2D eigenvalue weighted by molar-refractivity contribution is 7.98. The van der Waals surface area contributed by atoms with Crippen LogP contribution in [0, 0.1) is 13.8 Å². The van der Waals surface area contributed by atoms with Gasteiger partial charge >= 0.3 is 0 Å². The molecule has 0 aliphatic carbocycles. The van der Waals surface area contributed by atoms with E-state index in [1.54, 1.807) is 0 Å². The number of nitrogens with one attached hydrogen (secondary N) is 1. The SMILES string of the molecule is CSc1nc2n(n1)[C@@H](c1ccc(C)cc1)C1=C(N2)c2cc(C)ccc2O[C@H]1c1cccc(Cl)c1. The predicted molar refractivity (Wildman–Crippen MR) is 138 cm³/mol. The van der Waals surface area contributed by atoms with Crippen LogP contribution in [0.2, 0.25) is 5.02 Å². The lowest BCUT2D eigenvalue weighted by Gasteiger charge is -2.39. The van der Waals surface area contributed by atoms with Crippen LogP contribution in [-0.4, -0.2) is 21.0 Å². The van der Waals surface area contributed by atoms with Crippen molar-refractivity contribution in [1.29, 1.82) is 0 Å². The number of hydrogen-bond donors (Lipinski definition) is 1. The van der Waals surface area contributed by atoms with E-state index >= 15 is 0 Å². The zero-order chi connectivity index (χ0) is 23.4. The fourth-order valence-corrected chi connectivity index (χ4v) is 5.27. The number of ether oxygens (including phenoxy) is 1. The van der Waals surface area contributed by atoms with E-state index in [9.17, 15) is 0 Å². The van der Waals surface area contributed by atoms with Gasteiger partial charge in [0, 0.05) is 16.2 Å². The number of aryl methyl sites for hydroxylation is 2. The number of halogens is 1. The number of hydrogen-bond acceptors (Lipinski definition) is 5. The molecular formula is C27H23ClN4OS. The van der Waals surface area contributed by atoms with E-state index in [1.807, 2.05) is 35.2 Å². The van der Waals surface area contributed by atoms with Crippen molar-refractivity contribution in [3.63, 3.8) is 0 Å². The van der Waals surface area contributed by atoms with Gasteiger partial charge in [0.1, 0.15) is 17.9 Å². The van der Waals surface area contributed by atoms with Gasteiger partial charge in [-0.3, -0.25) is 0 Å². The molecule has 0 spiro atoms. The molecule has 0 saturated heterocycles. The minimum absolute atomic E-state index is 0.183. The van der Waals surface area contributed by atoms with E-state index in [-0.39, 0.29) is 12.1 Å². The van der Waals surface area contributed by atoms with Crippen LogP contribution in [0.1, 0.15) is 40.0 Å². The maximum Gasteiger partial charge on any atom is 0.227 e.